The van der Waals surface area contributed by atoms with Gasteiger partial charge in [-0.05, 0) is 31.0 Å². The first-order valence-electron chi connectivity index (χ1n) is 13.9. The maximum atomic E-state index is 13.9. The van der Waals surface area contributed by atoms with Gasteiger partial charge in [0.05, 0.1) is 6.61 Å². The van der Waals surface area contributed by atoms with Crippen LogP contribution >= 0.6 is 0 Å². The number of piperazine rings is 1. The number of aliphatic carboxylic acids is 1. The first-order valence-corrected chi connectivity index (χ1v) is 13.9. The van der Waals surface area contributed by atoms with Gasteiger partial charge >= 0.3 is 12.1 Å². The van der Waals surface area contributed by atoms with Gasteiger partial charge in [0, 0.05) is 49.9 Å². The second kappa shape index (κ2) is 13.2. The Labute approximate surface area is 247 Å². The molecular weight excluding hydrogens is 558 g/mol. The van der Waals surface area contributed by atoms with E-state index < -0.39 is 29.9 Å². The van der Waals surface area contributed by atoms with Crippen LogP contribution in [0.25, 0.3) is 22.5 Å². The Balaban J connectivity index is 1.42. The molecule has 13 heteroatoms. The molecule has 2 aliphatic rings. The Kier molecular flexibility index (Phi) is 8.99. The number of ether oxygens (including phenoxy) is 3. The molecule has 5 rings (SSSR count). The Morgan fingerprint density at radius 1 is 0.977 bits per heavy atom. The highest BCUT2D eigenvalue weighted by molar-refractivity contribution is 6.01. The van der Waals surface area contributed by atoms with Crippen molar-refractivity contribution in [2.45, 2.75) is 25.8 Å². The van der Waals surface area contributed by atoms with Crippen LogP contribution in [-0.4, -0.2) is 94.4 Å². The minimum Gasteiger partial charge on any atom is -0.481 e. The summed E-state index contributed by atoms with van der Waals surface area (Å²) in [6.45, 7) is 2.97. The van der Waals surface area contributed by atoms with Crippen LogP contribution < -0.4 is 14.8 Å². The number of carboxylic acids is 1. The fourth-order valence-electron chi connectivity index (χ4n) is 4.85. The number of hydrogen-bond acceptors (Lipinski definition) is 9. The number of carbonyl (C=O) groups excluding carboxylic acids is 3. The highest BCUT2D eigenvalue weighted by Crippen LogP contribution is 2.36. The van der Waals surface area contributed by atoms with E-state index in [2.05, 4.69) is 15.3 Å². The largest absolute Gasteiger partial charge is 0.481 e. The van der Waals surface area contributed by atoms with E-state index in [0.29, 0.717) is 34.0 Å². The molecule has 1 saturated heterocycles. The molecule has 0 unspecified atom stereocenters. The SMILES string of the molecule is CCOC(=O)N1CCN(C(=O)[C@H](CCC(=O)O)NC(=O)c2nc(-c3ccccc3)ncc2-c2ccc3c(c2)OCO3)CC1. The fraction of sp³-hybridized carbons (Fsp3) is 0.333. The number of carboxylic acid groups (broad SMARTS) is 1. The third-order valence-corrected chi connectivity index (χ3v) is 7.09. The van der Waals surface area contributed by atoms with Crippen LogP contribution in [0.5, 0.6) is 11.5 Å². The van der Waals surface area contributed by atoms with Gasteiger partial charge in [0.25, 0.3) is 5.91 Å². The standard InChI is InChI=1S/C30H31N5O8/c1-2-41-30(40)35-14-12-34(13-15-35)29(39)22(9-11-25(36)37)32-28(38)26-21(20-8-10-23-24(16-20)43-18-42-23)17-31-27(33-26)19-6-4-3-5-7-19/h3-8,10,16-17,22H,2,9,11-15,18H2,1H3,(H,32,38)(H,36,37)/t22-/m0/s1. The molecule has 1 fully saturated rings. The Morgan fingerprint density at radius 3 is 2.42 bits per heavy atom. The third kappa shape index (κ3) is 6.83. The van der Waals surface area contributed by atoms with Gasteiger partial charge in [-0.15, -0.1) is 0 Å². The minimum atomic E-state index is -1.14. The van der Waals surface area contributed by atoms with Crippen molar-refractivity contribution in [2.24, 2.45) is 0 Å². The molecule has 1 aromatic heterocycles. The second-order valence-corrected chi connectivity index (χ2v) is 9.86. The van der Waals surface area contributed by atoms with Gasteiger partial charge in [-0.3, -0.25) is 14.4 Å². The number of nitrogens with one attached hydrogen (secondary N) is 1. The van der Waals surface area contributed by atoms with Crippen LogP contribution in [0.15, 0.2) is 54.7 Å². The summed E-state index contributed by atoms with van der Waals surface area (Å²) in [7, 11) is 0. The van der Waals surface area contributed by atoms with Crippen molar-refractivity contribution in [1.29, 1.82) is 0 Å². The quantitative estimate of drug-likeness (QED) is 0.380. The Hall–Kier alpha value is -5.20. The molecule has 0 saturated carbocycles. The first-order chi connectivity index (χ1) is 20.8. The van der Waals surface area contributed by atoms with Crippen molar-refractivity contribution < 1.29 is 38.5 Å². The minimum absolute atomic E-state index is 0.00738. The number of rotatable bonds is 9. The van der Waals surface area contributed by atoms with E-state index in [1.807, 2.05) is 30.3 Å². The monoisotopic (exact) mass is 589 g/mol. The van der Waals surface area contributed by atoms with E-state index in [1.165, 1.54) is 16.0 Å². The van der Waals surface area contributed by atoms with Crippen LogP contribution in [0, 0.1) is 0 Å². The average molecular weight is 590 g/mol. The topological polar surface area (TPSA) is 160 Å². The lowest BCUT2D eigenvalue weighted by Gasteiger charge is -2.36. The summed E-state index contributed by atoms with van der Waals surface area (Å²) < 4.78 is 16.0. The number of carbonyl (C=O) groups is 4. The lowest BCUT2D eigenvalue weighted by atomic mass is 10.0. The van der Waals surface area contributed by atoms with Crippen LogP contribution in [0.3, 0.4) is 0 Å². The highest BCUT2D eigenvalue weighted by Gasteiger charge is 2.32. The third-order valence-electron chi connectivity index (χ3n) is 7.09. The summed E-state index contributed by atoms with van der Waals surface area (Å²) in [5, 5.41) is 12.1. The maximum Gasteiger partial charge on any atom is 0.409 e. The van der Waals surface area contributed by atoms with E-state index in [9.17, 15) is 24.3 Å². The molecule has 0 bridgehead atoms. The zero-order valence-corrected chi connectivity index (χ0v) is 23.5. The molecule has 3 amide bonds. The normalized spacial score (nSPS) is 14.6. The number of amides is 3. The number of aromatic nitrogens is 2. The van der Waals surface area contributed by atoms with Crippen LogP contribution in [0.4, 0.5) is 4.79 Å². The van der Waals surface area contributed by atoms with Crippen molar-refractivity contribution in [1.82, 2.24) is 25.1 Å². The number of hydrogen-bond donors (Lipinski definition) is 2. The van der Waals surface area contributed by atoms with E-state index in [4.69, 9.17) is 14.2 Å². The van der Waals surface area contributed by atoms with E-state index >= 15 is 0 Å². The summed E-state index contributed by atoms with van der Waals surface area (Å²) in [6, 6.07) is 13.2. The molecule has 0 aliphatic carbocycles. The smallest absolute Gasteiger partial charge is 0.409 e. The molecule has 2 aliphatic heterocycles. The van der Waals surface area contributed by atoms with Crippen molar-refractivity contribution in [3.8, 4) is 34.0 Å². The van der Waals surface area contributed by atoms with E-state index in [1.54, 1.807) is 25.1 Å². The maximum absolute atomic E-state index is 13.9. The molecule has 43 heavy (non-hydrogen) atoms. The molecule has 2 aromatic carbocycles. The zero-order valence-electron chi connectivity index (χ0n) is 23.5. The summed E-state index contributed by atoms with van der Waals surface area (Å²) in [5.41, 5.74) is 1.68. The molecular formula is C30H31N5O8. The van der Waals surface area contributed by atoms with E-state index in [0.717, 1.165) is 0 Å². The number of nitrogens with zero attached hydrogens (tertiary/aromatic N) is 4. The van der Waals surface area contributed by atoms with Crippen LogP contribution in [-0.2, 0) is 14.3 Å². The number of fused-ring (bicyclic) bond motifs is 1. The Bertz CT molecular complexity index is 1510. The van der Waals surface area contributed by atoms with Crippen molar-refractivity contribution in [2.75, 3.05) is 39.6 Å². The van der Waals surface area contributed by atoms with E-state index in [-0.39, 0.29) is 58.1 Å². The van der Waals surface area contributed by atoms with Gasteiger partial charge in [-0.1, -0.05) is 36.4 Å². The summed E-state index contributed by atoms with van der Waals surface area (Å²) in [4.78, 5) is 63.0. The van der Waals surface area contributed by atoms with Crippen molar-refractivity contribution >= 4 is 23.9 Å². The molecule has 3 aromatic rings. The highest BCUT2D eigenvalue weighted by atomic mass is 16.7. The molecule has 2 N–H and O–H groups in total. The molecule has 0 spiro atoms. The molecule has 0 radical (unpaired) electrons. The number of benzene rings is 2. The summed E-state index contributed by atoms with van der Waals surface area (Å²) >= 11 is 0. The Morgan fingerprint density at radius 2 is 1.70 bits per heavy atom. The molecule has 13 nitrogen and oxygen atoms in total. The molecule has 224 valence electrons. The molecule has 3 heterocycles. The first kappa shape index (κ1) is 29.3. The van der Waals surface area contributed by atoms with Crippen molar-refractivity contribution in [3.05, 3.63) is 60.4 Å². The summed E-state index contributed by atoms with van der Waals surface area (Å²) in [6.07, 6.45) is 0.603. The van der Waals surface area contributed by atoms with Crippen LogP contribution in [0.1, 0.15) is 30.3 Å². The van der Waals surface area contributed by atoms with Gasteiger partial charge in [0.15, 0.2) is 17.3 Å². The second-order valence-electron chi connectivity index (χ2n) is 9.86. The van der Waals surface area contributed by atoms with Gasteiger partial charge in [0.1, 0.15) is 11.7 Å². The van der Waals surface area contributed by atoms with Gasteiger partial charge in [-0.2, -0.15) is 0 Å². The van der Waals surface area contributed by atoms with Crippen LogP contribution in [0.2, 0.25) is 0 Å². The predicted octanol–water partition coefficient (Wildman–Crippen LogP) is 2.80. The lowest BCUT2D eigenvalue weighted by molar-refractivity contribution is -0.138. The summed E-state index contributed by atoms with van der Waals surface area (Å²) in [5.74, 6) is -0.833. The zero-order chi connectivity index (χ0) is 30.3. The lowest BCUT2D eigenvalue weighted by Crippen LogP contribution is -2.56. The average Bonchev–Trinajstić information content (AvgIpc) is 3.51. The van der Waals surface area contributed by atoms with Gasteiger partial charge < -0.3 is 34.4 Å². The van der Waals surface area contributed by atoms with Crippen molar-refractivity contribution in [3.63, 3.8) is 0 Å². The van der Waals surface area contributed by atoms with Gasteiger partial charge in [-0.25, -0.2) is 14.8 Å². The fourth-order valence-corrected chi connectivity index (χ4v) is 4.85. The predicted molar refractivity (Wildman–Crippen MR) is 152 cm³/mol. The van der Waals surface area contributed by atoms with Gasteiger partial charge in [0.2, 0.25) is 12.7 Å². The molecule has 1 atom stereocenters.